The molecule has 0 saturated carbocycles. The van der Waals surface area contributed by atoms with Crippen LogP contribution in [0.25, 0.3) is 5.13 Å². The maximum atomic E-state index is 4.12. The quantitative estimate of drug-likeness (QED) is 0.665. The van der Waals surface area contributed by atoms with E-state index in [1.807, 2.05) is 19.9 Å². The lowest BCUT2D eigenvalue weighted by atomic mass is 10.5. The normalized spacial score (nSPS) is 10.5. The molecule has 0 aliphatic heterocycles. The van der Waals surface area contributed by atoms with Crippen molar-refractivity contribution < 1.29 is 0 Å². The van der Waals surface area contributed by atoms with Gasteiger partial charge in [-0.1, -0.05) is 11.3 Å². The summed E-state index contributed by atoms with van der Waals surface area (Å²) in [6.07, 6.45) is 1.76. The molecule has 0 aliphatic rings. The number of aryl methyl sites for hydroxylation is 2. The fourth-order valence-electron chi connectivity index (χ4n) is 0.942. The molecule has 2 rings (SSSR count). The SMILES string of the molecule is Cc1nnc(-n2nccc2C)s1. The maximum Gasteiger partial charge on any atom is 0.233 e. The summed E-state index contributed by atoms with van der Waals surface area (Å²) >= 11 is 1.54. The molecule has 62 valence electrons. The molecule has 0 amide bonds. The molecule has 0 bridgehead atoms. The minimum atomic E-state index is 0.829. The fourth-order valence-corrected chi connectivity index (χ4v) is 1.65. The van der Waals surface area contributed by atoms with Crippen LogP contribution in [0.15, 0.2) is 12.3 Å². The zero-order chi connectivity index (χ0) is 8.55. The van der Waals surface area contributed by atoms with E-state index in [4.69, 9.17) is 0 Å². The first kappa shape index (κ1) is 7.42. The summed E-state index contributed by atoms with van der Waals surface area (Å²) in [5.74, 6) is 0. The molecular weight excluding hydrogens is 172 g/mol. The molecule has 0 unspecified atom stereocenters. The molecule has 4 nitrogen and oxygen atoms in total. The van der Waals surface area contributed by atoms with Crippen LogP contribution in [0.1, 0.15) is 10.7 Å². The van der Waals surface area contributed by atoms with E-state index in [2.05, 4.69) is 15.3 Å². The van der Waals surface area contributed by atoms with Crippen LogP contribution in [0, 0.1) is 13.8 Å². The molecule has 0 saturated heterocycles. The summed E-state index contributed by atoms with van der Waals surface area (Å²) in [7, 11) is 0. The van der Waals surface area contributed by atoms with E-state index in [1.54, 1.807) is 10.9 Å². The van der Waals surface area contributed by atoms with Crippen molar-refractivity contribution in [3.05, 3.63) is 23.0 Å². The summed E-state index contributed by atoms with van der Waals surface area (Å²) in [5.41, 5.74) is 1.08. The van der Waals surface area contributed by atoms with Gasteiger partial charge >= 0.3 is 0 Å². The van der Waals surface area contributed by atoms with Crippen LogP contribution in [0.5, 0.6) is 0 Å². The van der Waals surface area contributed by atoms with Gasteiger partial charge < -0.3 is 0 Å². The fraction of sp³-hybridized carbons (Fsp3) is 0.286. The molecule has 0 fully saturated rings. The Labute approximate surface area is 73.9 Å². The van der Waals surface area contributed by atoms with Crippen molar-refractivity contribution in [3.8, 4) is 5.13 Å². The summed E-state index contributed by atoms with van der Waals surface area (Å²) in [4.78, 5) is 0. The Morgan fingerprint density at radius 2 is 2.17 bits per heavy atom. The van der Waals surface area contributed by atoms with Crippen molar-refractivity contribution in [1.82, 2.24) is 20.0 Å². The van der Waals surface area contributed by atoms with Crippen molar-refractivity contribution in [2.75, 3.05) is 0 Å². The maximum absolute atomic E-state index is 4.12. The van der Waals surface area contributed by atoms with E-state index in [1.165, 1.54) is 11.3 Å². The van der Waals surface area contributed by atoms with E-state index < -0.39 is 0 Å². The first-order valence-electron chi connectivity index (χ1n) is 3.58. The predicted octanol–water partition coefficient (Wildman–Crippen LogP) is 1.34. The highest BCUT2D eigenvalue weighted by molar-refractivity contribution is 7.13. The predicted molar refractivity (Wildman–Crippen MR) is 46.5 cm³/mol. The van der Waals surface area contributed by atoms with E-state index >= 15 is 0 Å². The van der Waals surface area contributed by atoms with Gasteiger partial charge in [-0.15, -0.1) is 10.2 Å². The highest BCUT2D eigenvalue weighted by atomic mass is 32.1. The first-order valence-corrected chi connectivity index (χ1v) is 4.40. The molecule has 0 aliphatic carbocycles. The summed E-state index contributed by atoms with van der Waals surface area (Å²) < 4.78 is 1.78. The number of hydrogen-bond acceptors (Lipinski definition) is 4. The molecule has 12 heavy (non-hydrogen) atoms. The van der Waals surface area contributed by atoms with Crippen molar-refractivity contribution >= 4 is 11.3 Å². The summed E-state index contributed by atoms with van der Waals surface area (Å²) in [5, 5.41) is 13.8. The Morgan fingerprint density at radius 3 is 2.67 bits per heavy atom. The third-order valence-corrected chi connectivity index (χ3v) is 2.34. The molecule has 2 heterocycles. The van der Waals surface area contributed by atoms with E-state index in [-0.39, 0.29) is 0 Å². The van der Waals surface area contributed by atoms with Crippen LogP contribution < -0.4 is 0 Å². The second kappa shape index (κ2) is 2.67. The third kappa shape index (κ3) is 1.12. The highest BCUT2D eigenvalue weighted by Crippen LogP contribution is 2.13. The number of nitrogens with zero attached hydrogens (tertiary/aromatic N) is 4. The van der Waals surface area contributed by atoms with Gasteiger partial charge in [0.15, 0.2) is 0 Å². The summed E-state index contributed by atoms with van der Waals surface area (Å²) in [6, 6.07) is 1.94. The smallest absolute Gasteiger partial charge is 0.209 e. The lowest BCUT2D eigenvalue weighted by Crippen LogP contribution is -1.97. The second-order valence-electron chi connectivity index (χ2n) is 2.49. The van der Waals surface area contributed by atoms with E-state index in [9.17, 15) is 0 Å². The van der Waals surface area contributed by atoms with Gasteiger partial charge in [0.1, 0.15) is 5.01 Å². The molecule has 0 spiro atoms. The lowest BCUT2D eigenvalue weighted by Gasteiger charge is -1.94. The van der Waals surface area contributed by atoms with Gasteiger partial charge in [0.2, 0.25) is 5.13 Å². The van der Waals surface area contributed by atoms with Gasteiger partial charge in [0.05, 0.1) is 0 Å². The third-order valence-electron chi connectivity index (χ3n) is 1.53. The van der Waals surface area contributed by atoms with Crippen LogP contribution in [-0.2, 0) is 0 Å². The Balaban J connectivity index is 2.50. The first-order chi connectivity index (χ1) is 5.77. The molecule has 0 N–H and O–H groups in total. The number of hydrogen-bond donors (Lipinski definition) is 0. The van der Waals surface area contributed by atoms with Crippen LogP contribution in [0.3, 0.4) is 0 Å². The van der Waals surface area contributed by atoms with Crippen LogP contribution in [0.4, 0.5) is 0 Å². The van der Waals surface area contributed by atoms with E-state index in [0.29, 0.717) is 0 Å². The second-order valence-corrected chi connectivity index (χ2v) is 3.65. The van der Waals surface area contributed by atoms with Crippen molar-refractivity contribution in [2.24, 2.45) is 0 Å². The Hall–Kier alpha value is -1.23. The molecule has 2 aromatic rings. The average molecular weight is 180 g/mol. The van der Waals surface area contributed by atoms with E-state index in [0.717, 1.165) is 15.8 Å². The van der Waals surface area contributed by atoms with Crippen molar-refractivity contribution in [2.45, 2.75) is 13.8 Å². The monoisotopic (exact) mass is 180 g/mol. The van der Waals surface area contributed by atoms with Crippen LogP contribution in [0.2, 0.25) is 0 Å². The minimum absolute atomic E-state index is 0.829. The Bertz CT molecular complexity index is 390. The van der Waals surface area contributed by atoms with Crippen molar-refractivity contribution in [1.29, 1.82) is 0 Å². The Kier molecular flexibility index (Phi) is 1.65. The van der Waals surface area contributed by atoms with Crippen LogP contribution >= 0.6 is 11.3 Å². The van der Waals surface area contributed by atoms with Gasteiger partial charge in [0, 0.05) is 11.9 Å². The van der Waals surface area contributed by atoms with Gasteiger partial charge in [-0.05, 0) is 19.9 Å². The number of rotatable bonds is 1. The molecule has 2 aromatic heterocycles. The highest BCUT2D eigenvalue weighted by Gasteiger charge is 2.04. The van der Waals surface area contributed by atoms with Gasteiger partial charge in [0.25, 0.3) is 0 Å². The summed E-state index contributed by atoms with van der Waals surface area (Å²) in [6.45, 7) is 3.92. The molecule has 0 atom stereocenters. The minimum Gasteiger partial charge on any atom is -0.209 e. The standard InChI is InChI=1S/C7H8N4S/c1-5-3-4-8-11(5)7-10-9-6(2)12-7/h3-4H,1-2H3. The Morgan fingerprint density at radius 1 is 1.33 bits per heavy atom. The van der Waals surface area contributed by atoms with Gasteiger partial charge in [-0.3, -0.25) is 0 Å². The van der Waals surface area contributed by atoms with Crippen molar-refractivity contribution in [3.63, 3.8) is 0 Å². The largest absolute Gasteiger partial charge is 0.233 e. The molecule has 0 radical (unpaired) electrons. The molecular formula is C7H8N4S. The topological polar surface area (TPSA) is 43.6 Å². The number of aromatic nitrogens is 4. The zero-order valence-electron chi connectivity index (χ0n) is 6.85. The lowest BCUT2D eigenvalue weighted by molar-refractivity contribution is 0.817. The van der Waals surface area contributed by atoms with Crippen LogP contribution in [-0.4, -0.2) is 20.0 Å². The molecule has 5 heteroatoms. The molecule has 0 aromatic carbocycles. The van der Waals surface area contributed by atoms with Gasteiger partial charge in [-0.25, -0.2) is 4.68 Å². The van der Waals surface area contributed by atoms with Gasteiger partial charge in [-0.2, -0.15) is 5.10 Å². The zero-order valence-corrected chi connectivity index (χ0v) is 7.67. The average Bonchev–Trinajstić information content (AvgIpc) is 2.58.